The van der Waals surface area contributed by atoms with Crippen LogP contribution in [0.5, 0.6) is 0 Å². The number of aromatic nitrogens is 1. The van der Waals surface area contributed by atoms with Crippen molar-refractivity contribution in [2.75, 3.05) is 25.0 Å². The zero-order valence-electron chi connectivity index (χ0n) is 21.9. The van der Waals surface area contributed by atoms with Crippen molar-refractivity contribution in [1.82, 2.24) is 9.29 Å². The van der Waals surface area contributed by atoms with Gasteiger partial charge in [-0.05, 0) is 67.8 Å². The summed E-state index contributed by atoms with van der Waals surface area (Å²) in [5.41, 5.74) is 3.29. The van der Waals surface area contributed by atoms with E-state index >= 15 is 0 Å². The van der Waals surface area contributed by atoms with E-state index in [4.69, 9.17) is 21.3 Å². The SMILES string of the molecule is Cc1c(-c2cccc(Cl)c2)nc2ccccc2c1C(=O)OCC(=O)Nc1ccc(S(=O)(=O)N2CCCCC2)cc1. The van der Waals surface area contributed by atoms with Crippen LogP contribution >= 0.6 is 11.6 Å². The number of benzene rings is 3. The zero-order chi connectivity index (χ0) is 28.3. The fourth-order valence-corrected chi connectivity index (χ4v) is 6.56. The van der Waals surface area contributed by atoms with E-state index < -0.39 is 28.5 Å². The van der Waals surface area contributed by atoms with E-state index in [-0.39, 0.29) is 4.90 Å². The van der Waals surface area contributed by atoms with Crippen LogP contribution in [0.3, 0.4) is 0 Å². The molecule has 2 heterocycles. The lowest BCUT2D eigenvalue weighted by Crippen LogP contribution is -2.35. The summed E-state index contributed by atoms with van der Waals surface area (Å²) in [5.74, 6) is -1.21. The minimum atomic E-state index is -3.57. The van der Waals surface area contributed by atoms with Gasteiger partial charge in [0.25, 0.3) is 5.91 Å². The molecular weight excluding hydrogens is 550 g/mol. The van der Waals surface area contributed by atoms with Gasteiger partial charge < -0.3 is 10.1 Å². The van der Waals surface area contributed by atoms with E-state index in [9.17, 15) is 18.0 Å². The fourth-order valence-electron chi connectivity index (χ4n) is 4.85. The standard InChI is InChI=1S/C30H28ClN3O5S/c1-20-28(25-10-3-4-11-26(25)33-29(20)21-8-7-9-22(31)18-21)30(36)39-19-27(35)32-23-12-14-24(15-13-23)40(37,38)34-16-5-2-6-17-34/h3-4,7-15,18H,2,5-6,16-17,19H2,1H3,(H,32,35). The van der Waals surface area contributed by atoms with Crippen molar-refractivity contribution < 1.29 is 22.7 Å². The second-order valence-corrected chi connectivity index (χ2v) is 12.0. The Morgan fingerprint density at radius 2 is 1.70 bits per heavy atom. The largest absolute Gasteiger partial charge is 0.452 e. The molecule has 1 aliphatic rings. The van der Waals surface area contributed by atoms with Gasteiger partial charge in [0.2, 0.25) is 10.0 Å². The second kappa shape index (κ2) is 11.8. The van der Waals surface area contributed by atoms with Gasteiger partial charge in [-0.15, -0.1) is 0 Å². The van der Waals surface area contributed by atoms with Crippen LogP contribution in [0.15, 0.2) is 77.7 Å². The van der Waals surface area contributed by atoms with Gasteiger partial charge in [0.05, 0.1) is 21.7 Å². The topological polar surface area (TPSA) is 106 Å². The molecule has 0 radical (unpaired) electrons. The number of anilines is 1. The molecule has 10 heteroatoms. The van der Waals surface area contributed by atoms with Crippen molar-refractivity contribution in [1.29, 1.82) is 0 Å². The number of nitrogens with zero attached hydrogens (tertiary/aromatic N) is 2. The number of hydrogen-bond donors (Lipinski definition) is 1. The quantitative estimate of drug-likeness (QED) is 0.277. The molecule has 0 aliphatic carbocycles. The number of carbonyl (C=O) groups excluding carboxylic acids is 2. The Morgan fingerprint density at radius 1 is 0.975 bits per heavy atom. The van der Waals surface area contributed by atoms with E-state index in [0.29, 0.717) is 51.5 Å². The number of ether oxygens (including phenoxy) is 1. The highest BCUT2D eigenvalue weighted by Crippen LogP contribution is 2.31. The van der Waals surface area contributed by atoms with Crippen molar-refractivity contribution >= 4 is 50.1 Å². The Morgan fingerprint density at radius 3 is 2.42 bits per heavy atom. The number of pyridine rings is 1. The van der Waals surface area contributed by atoms with E-state index in [1.54, 1.807) is 37.3 Å². The Hall–Kier alpha value is -3.79. The van der Waals surface area contributed by atoms with Crippen LogP contribution in [-0.2, 0) is 19.6 Å². The molecule has 0 unspecified atom stereocenters. The minimum absolute atomic E-state index is 0.175. The molecule has 0 bridgehead atoms. The van der Waals surface area contributed by atoms with Crippen molar-refractivity contribution in [3.63, 3.8) is 0 Å². The normalized spacial score (nSPS) is 14.2. The number of piperidine rings is 1. The third kappa shape index (κ3) is 5.86. The molecule has 0 spiro atoms. The first kappa shape index (κ1) is 27.8. The van der Waals surface area contributed by atoms with E-state index in [0.717, 1.165) is 24.8 Å². The molecule has 1 aromatic heterocycles. The highest BCUT2D eigenvalue weighted by molar-refractivity contribution is 7.89. The molecule has 3 aromatic carbocycles. The first-order valence-corrected chi connectivity index (χ1v) is 14.8. The molecule has 1 saturated heterocycles. The smallest absolute Gasteiger partial charge is 0.339 e. The summed E-state index contributed by atoms with van der Waals surface area (Å²) in [4.78, 5) is 30.8. The summed E-state index contributed by atoms with van der Waals surface area (Å²) in [7, 11) is -3.57. The number of hydrogen-bond acceptors (Lipinski definition) is 6. The predicted molar refractivity (Wildman–Crippen MR) is 155 cm³/mol. The molecule has 206 valence electrons. The number of halogens is 1. The maximum atomic E-state index is 13.3. The van der Waals surface area contributed by atoms with Gasteiger partial charge in [0.1, 0.15) is 0 Å². The summed E-state index contributed by atoms with van der Waals surface area (Å²) >= 11 is 6.19. The molecule has 8 nitrogen and oxygen atoms in total. The number of fused-ring (bicyclic) bond motifs is 1. The zero-order valence-corrected chi connectivity index (χ0v) is 23.5. The predicted octanol–water partition coefficient (Wildman–Crippen LogP) is 5.83. The molecule has 0 atom stereocenters. The molecule has 1 aliphatic heterocycles. The molecule has 1 fully saturated rings. The van der Waals surface area contributed by atoms with Crippen LogP contribution in [0, 0.1) is 6.92 Å². The molecular formula is C30H28ClN3O5S. The Labute approximate surface area is 238 Å². The third-order valence-electron chi connectivity index (χ3n) is 6.86. The number of carbonyl (C=O) groups is 2. The Kier molecular flexibility index (Phi) is 8.16. The van der Waals surface area contributed by atoms with Gasteiger partial charge >= 0.3 is 5.97 Å². The Bertz CT molecular complexity index is 1680. The van der Waals surface area contributed by atoms with Gasteiger partial charge in [-0.25, -0.2) is 18.2 Å². The maximum absolute atomic E-state index is 13.3. The number of para-hydroxylation sites is 1. The molecule has 4 aromatic rings. The van der Waals surface area contributed by atoms with Gasteiger partial charge in [0, 0.05) is 34.7 Å². The van der Waals surface area contributed by atoms with Crippen LogP contribution in [0.2, 0.25) is 5.02 Å². The molecule has 1 amide bonds. The van der Waals surface area contributed by atoms with Gasteiger partial charge in [-0.2, -0.15) is 4.31 Å². The van der Waals surface area contributed by atoms with Crippen LogP contribution in [-0.4, -0.2) is 49.3 Å². The number of esters is 1. The van der Waals surface area contributed by atoms with Crippen molar-refractivity contribution in [2.24, 2.45) is 0 Å². The lowest BCUT2D eigenvalue weighted by Gasteiger charge is -2.25. The van der Waals surface area contributed by atoms with Crippen LogP contribution in [0.1, 0.15) is 35.2 Å². The molecule has 0 saturated carbocycles. The molecule has 5 rings (SSSR count). The summed E-state index contributed by atoms with van der Waals surface area (Å²) in [5, 5.41) is 3.81. The number of rotatable bonds is 7. The van der Waals surface area contributed by atoms with Crippen LogP contribution in [0.25, 0.3) is 22.2 Å². The van der Waals surface area contributed by atoms with Gasteiger partial charge in [-0.1, -0.05) is 48.4 Å². The minimum Gasteiger partial charge on any atom is -0.452 e. The first-order valence-electron chi connectivity index (χ1n) is 13.0. The van der Waals surface area contributed by atoms with Crippen LogP contribution < -0.4 is 5.32 Å². The molecule has 1 N–H and O–H groups in total. The highest BCUT2D eigenvalue weighted by atomic mass is 35.5. The maximum Gasteiger partial charge on any atom is 0.339 e. The number of sulfonamides is 1. The summed E-state index contributed by atoms with van der Waals surface area (Å²) in [6, 6.07) is 20.4. The Balaban J connectivity index is 1.30. The number of nitrogens with one attached hydrogen (secondary N) is 1. The highest BCUT2D eigenvalue weighted by Gasteiger charge is 2.26. The second-order valence-electron chi connectivity index (χ2n) is 9.60. The summed E-state index contributed by atoms with van der Waals surface area (Å²) in [6.45, 7) is 2.29. The van der Waals surface area contributed by atoms with E-state index in [2.05, 4.69) is 5.32 Å². The lowest BCUT2D eigenvalue weighted by atomic mass is 9.98. The van der Waals surface area contributed by atoms with Crippen molar-refractivity contribution in [2.45, 2.75) is 31.1 Å². The van der Waals surface area contributed by atoms with Crippen molar-refractivity contribution in [3.8, 4) is 11.3 Å². The third-order valence-corrected chi connectivity index (χ3v) is 9.01. The monoisotopic (exact) mass is 577 g/mol. The van der Waals surface area contributed by atoms with E-state index in [1.807, 2.05) is 18.2 Å². The number of amides is 1. The van der Waals surface area contributed by atoms with Gasteiger partial charge in [-0.3, -0.25) is 4.79 Å². The van der Waals surface area contributed by atoms with Crippen molar-refractivity contribution in [3.05, 3.63) is 88.9 Å². The van der Waals surface area contributed by atoms with Gasteiger partial charge in [0.15, 0.2) is 6.61 Å². The van der Waals surface area contributed by atoms with Crippen LogP contribution in [0.4, 0.5) is 5.69 Å². The fraction of sp³-hybridized carbons (Fsp3) is 0.233. The summed E-state index contributed by atoms with van der Waals surface area (Å²) < 4.78 is 32.6. The summed E-state index contributed by atoms with van der Waals surface area (Å²) in [6.07, 6.45) is 2.73. The first-order chi connectivity index (χ1) is 19.2. The average molecular weight is 578 g/mol. The molecule has 40 heavy (non-hydrogen) atoms. The average Bonchev–Trinajstić information content (AvgIpc) is 2.96. The van der Waals surface area contributed by atoms with E-state index in [1.165, 1.54) is 28.6 Å². The lowest BCUT2D eigenvalue weighted by molar-refractivity contribution is -0.119.